The number of aromatic nitrogens is 6. The largest absolute Gasteiger partial charge is 0.324 e. The second-order valence-electron chi connectivity index (χ2n) is 10.4. The summed E-state index contributed by atoms with van der Waals surface area (Å²) >= 11 is 0. The Bertz CT molecular complexity index is 1920. The Labute approximate surface area is 233 Å². The molecule has 0 radical (unpaired) electrons. The topological polar surface area (TPSA) is 112 Å². The van der Waals surface area contributed by atoms with Crippen LogP contribution in [0.3, 0.4) is 0 Å². The summed E-state index contributed by atoms with van der Waals surface area (Å²) in [6, 6.07) is 13.1. The number of imidazole rings is 1. The average Bonchev–Trinajstić information content (AvgIpc) is 3.63. The number of carbonyl (C=O) groups is 1. The van der Waals surface area contributed by atoms with Crippen LogP contribution in [0.15, 0.2) is 67.1 Å². The van der Waals surface area contributed by atoms with Gasteiger partial charge in [0, 0.05) is 35.0 Å². The molecule has 8 nitrogen and oxygen atoms in total. The number of anilines is 1. The first-order valence-corrected chi connectivity index (χ1v) is 13.6. The minimum atomic E-state index is -0.498. The van der Waals surface area contributed by atoms with Crippen LogP contribution in [0.4, 0.5) is 14.5 Å². The van der Waals surface area contributed by atoms with Crippen LogP contribution in [-0.2, 0) is 4.79 Å². The highest BCUT2D eigenvalue weighted by Crippen LogP contribution is 2.35. The van der Waals surface area contributed by atoms with Gasteiger partial charge in [-0.05, 0) is 54.8 Å². The van der Waals surface area contributed by atoms with Crippen molar-refractivity contribution < 1.29 is 13.6 Å². The molecule has 1 fully saturated rings. The zero-order chi connectivity index (χ0) is 27.9. The van der Waals surface area contributed by atoms with Crippen LogP contribution in [0.25, 0.3) is 55.8 Å². The lowest BCUT2D eigenvalue weighted by Gasteiger charge is -2.20. The first-order chi connectivity index (χ1) is 20.0. The van der Waals surface area contributed by atoms with E-state index in [-0.39, 0.29) is 28.7 Å². The van der Waals surface area contributed by atoms with Crippen molar-refractivity contribution in [2.24, 2.45) is 5.92 Å². The lowest BCUT2D eigenvalue weighted by atomic mass is 9.88. The third-order valence-electron chi connectivity index (χ3n) is 7.70. The van der Waals surface area contributed by atoms with Gasteiger partial charge in [-0.15, -0.1) is 0 Å². The molecule has 0 spiro atoms. The number of halogens is 2. The molecule has 3 N–H and O–H groups in total. The Hall–Kier alpha value is -4.99. The molecular formula is C31H25F2N7O. The van der Waals surface area contributed by atoms with Crippen molar-refractivity contribution in [1.82, 2.24) is 30.1 Å². The molecule has 0 aliphatic heterocycles. The van der Waals surface area contributed by atoms with Crippen molar-refractivity contribution >= 4 is 33.7 Å². The molecule has 0 unspecified atom stereocenters. The fourth-order valence-electron chi connectivity index (χ4n) is 5.64. The van der Waals surface area contributed by atoms with Gasteiger partial charge in [0.1, 0.15) is 22.8 Å². The predicted octanol–water partition coefficient (Wildman–Crippen LogP) is 7.03. The Kier molecular flexibility index (Phi) is 6.22. The lowest BCUT2D eigenvalue weighted by Crippen LogP contribution is -2.24. The van der Waals surface area contributed by atoms with Crippen molar-refractivity contribution in [2.75, 3.05) is 5.32 Å². The molecular weight excluding hydrogens is 524 g/mol. The number of rotatable bonds is 5. The number of benzene rings is 2. The van der Waals surface area contributed by atoms with Gasteiger partial charge in [-0.1, -0.05) is 31.4 Å². The number of hydrogen-bond donors (Lipinski definition) is 3. The van der Waals surface area contributed by atoms with E-state index in [9.17, 15) is 9.18 Å². The fourth-order valence-corrected chi connectivity index (χ4v) is 5.64. The number of aromatic amines is 2. The molecule has 204 valence electrons. The molecule has 10 heteroatoms. The van der Waals surface area contributed by atoms with Crippen LogP contribution >= 0.6 is 0 Å². The maximum Gasteiger partial charge on any atom is 0.227 e. The minimum Gasteiger partial charge on any atom is -0.324 e. The van der Waals surface area contributed by atoms with Crippen LogP contribution in [0.5, 0.6) is 0 Å². The predicted molar refractivity (Wildman–Crippen MR) is 153 cm³/mol. The zero-order valence-corrected chi connectivity index (χ0v) is 21.9. The second-order valence-corrected chi connectivity index (χ2v) is 10.4. The number of pyridine rings is 2. The third kappa shape index (κ3) is 4.61. The van der Waals surface area contributed by atoms with Crippen LogP contribution in [0.2, 0.25) is 0 Å². The summed E-state index contributed by atoms with van der Waals surface area (Å²) in [4.78, 5) is 29.2. The number of carbonyl (C=O) groups excluding carboxylic acids is 1. The normalized spacial score (nSPS) is 14.1. The molecule has 41 heavy (non-hydrogen) atoms. The van der Waals surface area contributed by atoms with E-state index in [4.69, 9.17) is 4.98 Å². The molecule has 1 aliphatic rings. The van der Waals surface area contributed by atoms with Crippen LogP contribution in [0.1, 0.15) is 32.1 Å². The summed E-state index contributed by atoms with van der Waals surface area (Å²) in [7, 11) is 0. The van der Waals surface area contributed by atoms with Crippen LogP contribution in [-0.4, -0.2) is 36.0 Å². The Morgan fingerprint density at radius 3 is 2.68 bits per heavy atom. The van der Waals surface area contributed by atoms with E-state index in [1.807, 2.05) is 0 Å². The summed E-state index contributed by atoms with van der Waals surface area (Å²) < 4.78 is 30.1. The number of nitrogens with zero attached hydrogens (tertiary/aromatic N) is 4. The van der Waals surface area contributed by atoms with E-state index in [1.165, 1.54) is 12.1 Å². The first kappa shape index (κ1) is 25.0. The Morgan fingerprint density at radius 2 is 1.83 bits per heavy atom. The molecule has 6 aromatic rings. The van der Waals surface area contributed by atoms with Gasteiger partial charge in [-0.3, -0.25) is 14.9 Å². The monoisotopic (exact) mass is 549 g/mol. The molecule has 0 saturated heterocycles. The summed E-state index contributed by atoms with van der Waals surface area (Å²) in [5.41, 5.74) is 4.49. The Morgan fingerprint density at radius 1 is 0.951 bits per heavy atom. The van der Waals surface area contributed by atoms with Gasteiger partial charge in [0.15, 0.2) is 11.5 Å². The van der Waals surface area contributed by atoms with Gasteiger partial charge in [0.2, 0.25) is 5.91 Å². The summed E-state index contributed by atoms with van der Waals surface area (Å²) in [5, 5.41) is 10.5. The quantitative estimate of drug-likeness (QED) is 0.214. The minimum absolute atomic E-state index is 0.00582. The molecule has 4 aromatic heterocycles. The maximum absolute atomic E-state index is 16.2. The lowest BCUT2D eigenvalue weighted by molar-refractivity contribution is -0.120. The van der Waals surface area contributed by atoms with Crippen molar-refractivity contribution in [3.63, 3.8) is 0 Å². The molecule has 4 heterocycles. The molecule has 1 saturated carbocycles. The first-order valence-electron chi connectivity index (χ1n) is 13.6. The second kappa shape index (κ2) is 10.2. The summed E-state index contributed by atoms with van der Waals surface area (Å²) in [6.45, 7) is 0. The van der Waals surface area contributed by atoms with E-state index < -0.39 is 5.82 Å². The van der Waals surface area contributed by atoms with E-state index >= 15 is 4.39 Å². The highest BCUT2D eigenvalue weighted by molar-refractivity contribution is 5.98. The zero-order valence-electron chi connectivity index (χ0n) is 21.9. The fraction of sp³-hybridized carbons (Fsp3) is 0.194. The van der Waals surface area contributed by atoms with Crippen molar-refractivity contribution in [2.45, 2.75) is 32.1 Å². The highest BCUT2D eigenvalue weighted by Gasteiger charge is 2.23. The van der Waals surface area contributed by atoms with Crippen LogP contribution < -0.4 is 5.32 Å². The summed E-state index contributed by atoms with van der Waals surface area (Å²) in [6.07, 6.45) is 9.79. The van der Waals surface area contributed by atoms with Gasteiger partial charge >= 0.3 is 0 Å². The summed E-state index contributed by atoms with van der Waals surface area (Å²) in [5.74, 6) is -0.558. The van der Waals surface area contributed by atoms with E-state index in [0.29, 0.717) is 50.4 Å². The van der Waals surface area contributed by atoms with Crippen molar-refractivity contribution in [3.05, 3.63) is 78.8 Å². The van der Waals surface area contributed by atoms with E-state index in [2.05, 4.69) is 30.5 Å². The maximum atomic E-state index is 16.2. The molecule has 0 atom stereocenters. The van der Waals surface area contributed by atoms with Gasteiger partial charge in [-0.25, -0.2) is 18.7 Å². The average molecular weight is 550 g/mol. The number of hydrogen-bond acceptors (Lipinski definition) is 5. The number of fused-ring (bicyclic) bond motifs is 2. The molecule has 1 aliphatic carbocycles. The van der Waals surface area contributed by atoms with Gasteiger partial charge < -0.3 is 10.3 Å². The van der Waals surface area contributed by atoms with Gasteiger partial charge in [-0.2, -0.15) is 5.10 Å². The standard InChI is InChI=1S/C31H25F2N7O/c32-20-8-4-7-18(13-20)23-11-12-35-29-27(23)37-30(38-29)28-25-24(39-40-28)10-9-22(26(25)33)19-14-21(16-34-15-19)36-31(41)17-5-2-1-3-6-17/h4,7-17H,1-3,5-6H2,(H,36,41)(H,39,40)(H,35,37,38). The molecule has 0 bridgehead atoms. The number of nitrogens with one attached hydrogen (secondary N) is 3. The third-order valence-corrected chi connectivity index (χ3v) is 7.70. The van der Waals surface area contributed by atoms with E-state index in [0.717, 1.165) is 32.1 Å². The molecule has 2 aromatic carbocycles. The number of H-pyrrole nitrogens is 2. The molecule has 1 amide bonds. The smallest absolute Gasteiger partial charge is 0.227 e. The molecule has 7 rings (SSSR count). The van der Waals surface area contributed by atoms with Gasteiger partial charge in [0.05, 0.1) is 22.8 Å². The number of amides is 1. The van der Waals surface area contributed by atoms with E-state index in [1.54, 1.807) is 55.0 Å². The van der Waals surface area contributed by atoms with Gasteiger partial charge in [0.25, 0.3) is 0 Å². The highest BCUT2D eigenvalue weighted by atomic mass is 19.1. The SMILES string of the molecule is O=C(Nc1cncc(-c2ccc3[nH]nc(-c4nc5c(-c6cccc(F)c6)ccnc5[nH]4)c3c2F)c1)C1CCCCC1. The van der Waals surface area contributed by atoms with Crippen LogP contribution in [0, 0.1) is 17.6 Å². The Balaban J connectivity index is 1.26. The van der Waals surface area contributed by atoms with Crippen molar-refractivity contribution in [3.8, 4) is 33.8 Å². The van der Waals surface area contributed by atoms with Crippen molar-refractivity contribution in [1.29, 1.82) is 0 Å².